The lowest BCUT2D eigenvalue weighted by atomic mass is 10.2. The third-order valence-electron chi connectivity index (χ3n) is 5.78. The first-order chi connectivity index (χ1) is 14.7. The summed E-state index contributed by atoms with van der Waals surface area (Å²) in [6.45, 7) is 2.65. The van der Waals surface area contributed by atoms with Gasteiger partial charge in [0.1, 0.15) is 12.1 Å². The number of hydrazine groups is 1. The van der Waals surface area contributed by atoms with E-state index in [-0.39, 0.29) is 5.82 Å². The smallest absolute Gasteiger partial charge is 0.257 e. The third kappa shape index (κ3) is 3.01. The Morgan fingerprint density at radius 3 is 2.77 bits per heavy atom. The van der Waals surface area contributed by atoms with Crippen LogP contribution >= 0.6 is 0 Å². The van der Waals surface area contributed by atoms with Gasteiger partial charge in [-0.25, -0.2) is 14.4 Å². The number of aromatic nitrogens is 5. The molecule has 10 heteroatoms. The molecular weight excluding hydrogens is 387 g/mol. The number of hydrogen-bond donors (Lipinski definition) is 1. The standard InChI is InChI=1S/C20H19FN8O/c21-14-5-3-13(4-6-14)9-27-10-16-8-15(27)11-28(16)26-20-23-12-22-19-24-18(25-29(19)20)17-2-1-7-30-17/h1-7,12,15-16H,8-11H2,(H,22,23,24,25,26)/t15?,16-/m0/s1. The molecule has 2 aliphatic rings. The zero-order valence-electron chi connectivity index (χ0n) is 16.0. The molecule has 1 aromatic carbocycles. The molecule has 0 radical (unpaired) electrons. The summed E-state index contributed by atoms with van der Waals surface area (Å²) in [4.78, 5) is 15.4. The Hall–Kier alpha value is -3.37. The van der Waals surface area contributed by atoms with Crippen molar-refractivity contribution < 1.29 is 8.81 Å². The van der Waals surface area contributed by atoms with Crippen LogP contribution in [-0.4, -0.2) is 59.6 Å². The average molecular weight is 406 g/mol. The van der Waals surface area contributed by atoms with Crippen LogP contribution in [0.5, 0.6) is 0 Å². The fourth-order valence-corrected chi connectivity index (χ4v) is 4.34. The Balaban J connectivity index is 1.17. The fraction of sp³-hybridized carbons (Fsp3) is 0.300. The second kappa shape index (κ2) is 6.85. The van der Waals surface area contributed by atoms with Crippen LogP contribution in [0, 0.1) is 5.82 Å². The van der Waals surface area contributed by atoms with Crippen LogP contribution in [0.1, 0.15) is 12.0 Å². The van der Waals surface area contributed by atoms with Crippen LogP contribution in [-0.2, 0) is 6.54 Å². The highest BCUT2D eigenvalue weighted by Crippen LogP contribution is 2.32. The van der Waals surface area contributed by atoms with Crippen molar-refractivity contribution in [1.82, 2.24) is 34.5 Å². The predicted octanol–water partition coefficient (Wildman–Crippen LogP) is 2.20. The summed E-state index contributed by atoms with van der Waals surface area (Å²) in [6, 6.07) is 11.2. The summed E-state index contributed by atoms with van der Waals surface area (Å²) in [6.07, 6.45) is 4.15. The number of likely N-dealkylation sites (tertiary alicyclic amines) is 1. The van der Waals surface area contributed by atoms with Gasteiger partial charge in [-0.3, -0.25) is 10.3 Å². The van der Waals surface area contributed by atoms with Crippen molar-refractivity contribution in [3.63, 3.8) is 0 Å². The summed E-state index contributed by atoms with van der Waals surface area (Å²) in [7, 11) is 0. The molecule has 2 saturated heterocycles. The topological polar surface area (TPSA) is 87.6 Å². The minimum Gasteiger partial charge on any atom is -0.461 e. The Morgan fingerprint density at radius 2 is 2.00 bits per heavy atom. The van der Waals surface area contributed by atoms with Crippen molar-refractivity contribution in [3.05, 3.63) is 60.4 Å². The van der Waals surface area contributed by atoms with Gasteiger partial charge in [0, 0.05) is 31.7 Å². The Bertz CT molecular complexity index is 1180. The maximum atomic E-state index is 13.1. The van der Waals surface area contributed by atoms with E-state index in [0.29, 0.717) is 35.4 Å². The van der Waals surface area contributed by atoms with Crippen LogP contribution in [0.2, 0.25) is 0 Å². The van der Waals surface area contributed by atoms with Gasteiger partial charge in [-0.2, -0.15) is 14.5 Å². The molecule has 9 nitrogen and oxygen atoms in total. The van der Waals surface area contributed by atoms with Gasteiger partial charge < -0.3 is 4.42 Å². The molecular formula is C20H19FN8O. The molecule has 30 heavy (non-hydrogen) atoms. The first-order valence-corrected chi connectivity index (χ1v) is 9.86. The number of piperazine rings is 1. The first kappa shape index (κ1) is 17.5. The van der Waals surface area contributed by atoms with Crippen LogP contribution in [0.4, 0.5) is 10.3 Å². The molecule has 2 atom stereocenters. The summed E-state index contributed by atoms with van der Waals surface area (Å²) in [5, 5.41) is 6.70. The summed E-state index contributed by atoms with van der Waals surface area (Å²) >= 11 is 0. The number of furan rings is 1. The molecule has 4 aromatic rings. The van der Waals surface area contributed by atoms with Crippen LogP contribution in [0.3, 0.4) is 0 Å². The molecule has 0 amide bonds. The van der Waals surface area contributed by atoms with Crippen LogP contribution < -0.4 is 5.43 Å². The molecule has 3 aromatic heterocycles. The minimum absolute atomic E-state index is 0.198. The molecule has 1 N–H and O–H groups in total. The number of halogens is 1. The Labute approximate surface area is 171 Å². The molecule has 2 fully saturated rings. The number of benzene rings is 1. The second-order valence-corrected chi connectivity index (χ2v) is 7.69. The summed E-state index contributed by atoms with van der Waals surface area (Å²) in [5.74, 6) is 1.89. The van der Waals surface area contributed by atoms with E-state index in [1.54, 1.807) is 16.8 Å². The van der Waals surface area contributed by atoms with Crippen molar-refractivity contribution >= 4 is 11.7 Å². The average Bonchev–Trinajstić information content (AvgIpc) is 3.53. The van der Waals surface area contributed by atoms with Gasteiger partial charge in [-0.05, 0) is 36.2 Å². The quantitative estimate of drug-likeness (QED) is 0.540. The number of hydrogen-bond acceptors (Lipinski definition) is 8. The molecule has 2 bridgehead atoms. The van der Waals surface area contributed by atoms with Crippen molar-refractivity contribution in [2.75, 3.05) is 18.5 Å². The number of nitrogens with zero attached hydrogens (tertiary/aromatic N) is 7. The largest absolute Gasteiger partial charge is 0.461 e. The molecule has 2 aliphatic heterocycles. The van der Waals surface area contributed by atoms with Gasteiger partial charge in [-0.15, -0.1) is 5.10 Å². The van der Waals surface area contributed by atoms with Crippen LogP contribution in [0.15, 0.2) is 53.4 Å². The zero-order chi connectivity index (χ0) is 20.1. The third-order valence-corrected chi connectivity index (χ3v) is 5.78. The highest BCUT2D eigenvalue weighted by molar-refractivity contribution is 5.51. The molecule has 0 aliphatic carbocycles. The highest BCUT2D eigenvalue weighted by atomic mass is 19.1. The van der Waals surface area contributed by atoms with Gasteiger partial charge >= 0.3 is 0 Å². The van der Waals surface area contributed by atoms with Crippen molar-refractivity contribution in [3.8, 4) is 11.6 Å². The van der Waals surface area contributed by atoms with Gasteiger partial charge in [0.15, 0.2) is 5.76 Å². The van der Waals surface area contributed by atoms with E-state index >= 15 is 0 Å². The van der Waals surface area contributed by atoms with Gasteiger partial charge in [0.25, 0.3) is 5.78 Å². The maximum Gasteiger partial charge on any atom is 0.257 e. The van der Waals surface area contributed by atoms with E-state index in [1.807, 2.05) is 18.2 Å². The van der Waals surface area contributed by atoms with Gasteiger partial charge in [0.2, 0.25) is 11.8 Å². The highest BCUT2D eigenvalue weighted by Gasteiger charge is 2.43. The number of fused-ring (bicyclic) bond motifs is 3. The summed E-state index contributed by atoms with van der Waals surface area (Å²) in [5.41, 5.74) is 4.53. The maximum absolute atomic E-state index is 13.1. The van der Waals surface area contributed by atoms with Crippen molar-refractivity contribution in [2.24, 2.45) is 0 Å². The number of rotatable bonds is 5. The lowest BCUT2D eigenvalue weighted by Crippen LogP contribution is -2.48. The van der Waals surface area contributed by atoms with E-state index in [4.69, 9.17) is 4.42 Å². The first-order valence-electron chi connectivity index (χ1n) is 9.86. The van der Waals surface area contributed by atoms with E-state index in [2.05, 4.69) is 35.4 Å². The van der Waals surface area contributed by atoms with Gasteiger partial charge in [0.05, 0.1) is 6.26 Å². The minimum atomic E-state index is -0.198. The zero-order valence-corrected chi connectivity index (χ0v) is 16.0. The predicted molar refractivity (Wildman–Crippen MR) is 106 cm³/mol. The number of nitrogens with one attached hydrogen (secondary N) is 1. The molecule has 6 rings (SSSR count). The Kier molecular flexibility index (Phi) is 3.99. The lowest BCUT2D eigenvalue weighted by Gasteiger charge is -2.34. The molecule has 0 spiro atoms. The van der Waals surface area contributed by atoms with E-state index < -0.39 is 0 Å². The Morgan fingerprint density at radius 1 is 1.10 bits per heavy atom. The number of anilines is 1. The second-order valence-electron chi connectivity index (χ2n) is 7.69. The van der Waals surface area contributed by atoms with Gasteiger partial charge in [-0.1, -0.05) is 12.1 Å². The SMILES string of the molecule is Fc1ccc(CN2C[C@@H]3CC2CN3Nc2ncnc3nc(-c4ccco4)nn23)cc1. The van der Waals surface area contributed by atoms with E-state index in [9.17, 15) is 4.39 Å². The molecule has 152 valence electrons. The molecule has 5 heterocycles. The van der Waals surface area contributed by atoms with Crippen molar-refractivity contribution in [1.29, 1.82) is 0 Å². The normalized spacial score (nSPS) is 21.6. The molecule has 1 unspecified atom stereocenters. The van der Waals surface area contributed by atoms with E-state index in [0.717, 1.165) is 31.6 Å². The van der Waals surface area contributed by atoms with Crippen LogP contribution in [0.25, 0.3) is 17.4 Å². The van der Waals surface area contributed by atoms with E-state index in [1.165, 1.54) is 18.5 Å². The van der Waals surface area contributed by atoms with Crippen molar-refractivity contribution in [2.45, 2.75) is 25.0 Å². The lowest BCUT2D eigenvalue weighted by molar-refractivity contribution is 0.141. The molecule has 0 saturated carbocycles. The fourth-order valence-electron chi connectivity index (χ4n) is 4.34. The summed E-state index contributed by atoms with van der Waals surface area (Å²) < 4.78 is 20.1. The monoisotopic (exact) mass is 406 g/mol.